The minimum Gasteiger partial charge on any atom is -0.440 e. The average Bonchev–Trinajstić information content (AvgIpc) is 3.07. The molecule has 4 heterocycles. The van der Waals surface area contributed by atoms with Gasteiger partial charge in [0.15, 0.2) is 0 Å². The number of hydrogen-bond acceptors (Lipinski definition) is 6. The van der Waals surface area contributed by atoms with E-state index in [1.54, 1.807) is 28.4 Å². The Bertz CT molecular complexity index is 1130. The molecule has 33 heavy (non-hydrogen) atoms. The normalized spacial score (nSPS) is 21.8. The van der Waals surface area contributed by atoms with Gasteiger partial charge in [0.25, 0.3) is 5.91 Å². The number of aromatic nitrogens is 3. The number of likely N-dealkylation sites (tertiary alicyclic amines) is 1. The molecular formula is C25H25N5O3. The summed E-state index contributed by atoms with van der Waals surface area (Å²) in [4.78, 5) is 42.2. The Kier molecular flexibility index (Phi) is 5.28. The van der Waals surface area contributed by atoms with Crippen molar-refractivity contribution in [2.75, 3.05) is 13.1 Å². The van der Waals surface area contributed by atoms with Gasteiger partial charge in [-0.1, -0.05) is 36.4 Å². The van der Waals surface area contributed by atoms with E-state index in [2.05, 4.69) is 21.9 Å². The second-order valence-corrected chi connectivity index (χ2v) is 8.63. The predicted octanol–water partition coefficient (Wildman–Crippen LogP) is 3.41. The van der Waals surface area contributed by atoms with Gasteiger partial charge in [0, 0.05) is 50.7 Å². The molecule has 0 aliphatic carbocycles. The number of piperidine rings is 1. The highest BCUT2D eigenvalue weighted by molar-refractivity contribution is 5.92. The van der Waals surface area contributed by atoms with Crippen LogP contribution in [0.4, 0.5) is 4.79 Å². The fraction of sp³-hybridized carbons (Fsp3) is 0.320. The lowest BCUT2D eigenvalue weighted by Crippen LogP contribution is -2.58. The van der Waals surface area contributed by atoms with Gasteiger partial charge in [-0.05, 0) is 24.1 Å². The summed E-state index contributed by atoms with van der Waals surface area (Å²) in [7, 11) is 0. The molecule has 0 bridgehead atoms. The number of carbonyl (C=O) groups is 2. The Morgan fingerprint density at radius 1 is 1.00 bits per heavy atom. The van der Waals surface area contributed by atoms with Gasteiger partial charge in [-0.15, -0.1) is 0 Å². The number of hydrogen-bond donors (Lipinski definition) is 0. The van der Waals surface area contributed by atoms with Crippen LogP contribution in [0.5, 0.6) is 0 Å². The fourth-order valence-electron chi connectivity index (χ4n) is 5.04. The van der Waals surface area contributed by atoms with Crippen molar-refractivity contribution in [1.82, 2.24) is 24.8 Å². The summed E-state index contributed by atoms with van der Waals surface area (Å²) in [5, 5.41) is 0. The lowest BCUT2D eigenvalue weighted by atomic mass is 9.70. The minimum absolute atomic E-state index is 0.161. The number of rotatable bonds is 4. The molecule has 2 amide bonds. The summed E-state index contributed by atoms with van der Waals surface area (Å²) >= 11 is 0. The number of carbonyl (C=O) groups excluding carboxylic acids is 2. The van der Waals surface area contributed by atoms with Gasteiger partial charge < -0.3 is 9.64 Å². The maximum absolute atomic E-state index is 13.3. The van der Waals surface area contributed by atoms with E-state index in [9.17, 15) is 9.59 Å². The minimum atomic E-state index is -0.777. The molecule has 1 unspecified atom stereocenters. The zero-order valence-corrected chi connectivity index (χ0v) is 18.4. The summed E-state index contributed by atoms with van der Waals surface area (Å²) in [6.45, 7) is 3.39. The van der Waals surface area contributed by atoms with Crippen LogP contribution in [0.3, 0.4) is 0 Å². The third-order valence-corrected chi connectivity index (χ3v) is 6.98. The van der Waals surface area contributed by atoms with Crippen molar-refractivity contribution < 1.29 is 14.3 Å². The molecule has 1 aromatic carbocycles. The van der Waals surface area contributed by atoms with E-state index in [4.69, 9.17) is 4.74 Å². The van der Waals surface area contributed by atoms with Gasteiger partial charge in [0.05, 0.1) is 12.7 Å². The molecule has 2 aromatic heterocycles. The van der Waals surface area contributed by atoms with Crippen LogP contribution in [0.25, 0.3) is 0 Å². The molecule has 168 valence electrons. The van der Waals surface area contributed by atoms with Crippen LogP contribution in [0.15, 0.2) is 73.4 Å². The molecule has 5 rings (SSSR count). The van der Waals surface area contributed by atoms with Crippen molar-refractivity contribution in [1.29, 1.82) is 0 Å². The van der Waals surface area contributed by atoms with Gasteiger partial charge in [0.2, 0.25) is 0 Å². The molecule has 8 heteroatoms. The molecule has 2 aliphatic heterocycles. The zero-order valence-electron chi connectivity index (χ0n) is 18.4. The second-order valence-electron chi connectivity index (χ2n) is 8.63. The molecular weight excluding hydrogens is 418 g/mol. The predicted molar refractivity (Wildman–Crippen MR) is 120 cm³/mol. The Morgan fingerprint density at radius 3 is 2.42 bits per heavy atom. The molecule has 2 saturated heterocycles. The highest BCUT2D eigenvalue weighted by Crippen LogP contribution is 2.52. The van der Waals surface area contributed by atoms with Crippen molar-refractivity contribution in [3.8, 4) is 0 Å². The first-order valence-electron chi connectivity index (χ1n) is 11.0. The van der Waals surface area contributed by atoms with Crippen molar-refractivity contribution in [3.63, 3.8) is 0 Å². The number of ether oxygens (including phenoxy) is 1. The lowest BCUT2D eigenvalue weighted by molar-refractivity contribution is -0.0553. The number of nitrogens with zero attached hydrogens (tertiary/aromatic N) is 5. The van der Waals surface area contributed by atoms with Crippen molar-refractivity contribution >= 4 is 12.0 Å². The molecule has 8 nitrogen and oxygen atoms in total. The van der Waals surface area contributed by atoms with Gasteiger partial charge in [0.1, 0.15) is 16.8 Å². The summed E-state index contributed by atoms with van der Waals surface area (Å²) in [6, 6.07) is 13.8. The van der Waals surface area contributed by atoms with Crippen molar-refractivity contribution in [2.45, 2.75) is 37.5 Å². The molecule has 2 aliphatic rings. The SMILES string of the molecule is CC1(c2cccnc2)N(Cc2ccccc2)C(=O)OC12CCN(C(=O)c1cnccn1)CC2. The standard InChI is InChI=1S/C25H25N5O3/c1-24(20-8-5-11-26-16-20)25(33-23(32)30(24)18-19-6-3-2-4-7-19)9-14-29(15-10-25)22(31)21-17-27-12-13-28-21/h2-8,11-13,16-17H,9-10,14-15,18H2,1H3. The monoisotopic (exact) mass is 443 g/mol. The van der Waals surface area contributed by atoms with Crippen LogP contribution in [0, 0.1) is 0 Å². The Morgan fingerprint density at radius 2 is 1.76 bits per heavy atom. The van der Waals surface area contributed by atoms with E-state index in [0.29, 0.717) is 38.2 Å². The van der Waals surface area contributed by atoms with Gasteiger partial charge >= 0.3 is 6.09 Å². The van der Waals surface area contributed by atoms with E-state index in [-0.39, 0.29) is 12.0 Å². The number of amides is 2. The quantitative estimate of drug-likeness (QED) is 0.614. The van der Waals surface area contributed by atoms with E-state index < -0.39 is 11.1 Å². The van der Waals surface area contributed by atoms with Crippen molar-refractivity contribution in [2.24, 2.45) is 0 Å². The van der Waals surface area contributed by atoms with Crippen LogP contribution < -0.4 is 0 Å². The third-order valence-electron chi connectivity index (χ3n) is 6.98. The third kappa shape index (κ3) is 3.51. The van der Waals surface area contributed by atoms with Crippen LogP contribution in [-0.4, -0.2) is 55.4 Å². The van der Waals surface area contributed by atoms with Gasteiger partial charge in [-0.3, -0.25) is 19.7 Å². The highest BCUT2D eigenvalue weighted by atomic mass is 16.6. The van der Waals surface area contributed by atoms with Crippen LogP contribution in [0.1, 0.15) is 41.4 Å². The number of pyridine rings is 1. The average molecular weight is 444 g/mol. The molecule has 1 spiro atoms. The fourth-order valence-corrected chi connectivity index (χ4v) is 5.04. The van der Waals surface area contributed by atoms with Crippen molar-refractivity contribution in [3.05, 3.63) is 90.3 Å². The van der Waals surface area contributed by atoms with Crippen LogP contribution in [-0.2, 0) is 16.8 Å². The molecule has 1 atom stereocenters. The van der Waals surface area contributed by atoms with Gasteiger partial charge in [-0.2, -0.15) is 0 Å². The zero-order chi connectivity index (χ0) is 22.9. The lowest BCUT2D eigenvalue weighted by Gasteiger charge is -2.48. The molecule has 0 N–H and O–H groups in total. The molecule has 2 fully saturated rings. The summed E-state index contributed by atoms with van der Waals surface area (Å²) in [5.41, 5.74) is 0.742. The highest BCUT2D eigenvalue weighted by Gasteiger charge is 2.64. The summed E-state index contributed by atoms with van der Waals surface area (Å²) in [6.07, 6.45) is 8.74. The Balaban J connectivity index is 1.46. The summed E-state index contributed by atoms with van der Waals surface area (Å²) < 4.78 is 6.17. The van der Waals surface area contributed by atoms with Gasteiger partial charge in [-0.25, -0.2) is 9.78 Å². The number of benzene rings is 1. The first-order valence-corrected chi connectivity index (χ1v) is 11.0. The first kappa shape index (κ1) is 21.1. The van der Waals surface area contributed by atoms with Crippen LogP contribution >= 0.6 is 0 Å². The van der Waals surface area contributed by atoms with E-state index in [1.165, 1.54) is 12.4 Å². The summed E-state index contributed by atoms with van der Waals surface area (Å²) in [5.74, 6) is -0.161. The second kappa shape index (κ2) is 8.27. The molecule has 3 aromatic rings. The van der Waals surface area contributed by atoms with Crippen LogP contribution in [0.2, 0.25) is 0 Å². The smallest absolute Gasteiger partial charge is 0.411 e. The Labute approximate surface area is 192 Å². The Hall–Kier alpha value is -3.81. The first-order chi connectivity index (χ1) is 16.0. The van der Waals surface area contributed by atoms with E-state index in [0.717, 1.165) is 11.1 Å². The molecule has 0 radical (unpaired) electrons. The van der Waals surface area contributed by atoms with E-state index in [1.807, 2.05) is 42.5 Å². The maximum Gasteiger partial charge on any atom is 0.411 e. The molecule has 0 saturated carbocycles. The topological polar surface area (TPSA) is 88.5 Å². The maximum atomic E-state index is 13.3. The van der Waals surface area contributed by atoms with E-state index >= 15 is 0 Å². The largest absolute Gasteiger partial charge is 0.440 e.